The fourth-order valence-electron chi connectivity index (χ4n) is 10.6. The van der Waals surface area contributed by atoms with Crippen LogP contribution in [0.5, 0.6) is 0 Å². The van der Waals surface area contributed by atoms with Gasteiger partial charge in [0.1, 0.15) is 0 Å². The highest BCUT2D eigenvalue weighted by molar-refractivity contribution is 5.77. The van der Waals surface area contributed by atoms with Crippen LogP contribution in [0.25, 0.3) is 0 Å². The van der Waals surface area contributed by atoms with Crippen LogP contribution < -0.4 is 0 Å². The average molecular weight is 653 g/mol. The van der Waals surface area contributed by atoms with Gasteiger partial charge in [-0.1, -0.05) is 13.8 Å². The summed E-state index contributed by atoms with van der Waals surface area (Å²) in [6.07, 6.45) is -1.74. The lowest BCUT2D eigenvalue weighted by Crippen LogP contribution is -2.65. The van der Waals surface area contributed by atoms with Crippen LogP contribution >= 0.6 is 0 Å². The van der Waals surface area contributed by atoms with Gasteiger partial charge in [-0.25, -0.2) is 4.79 Å². The SMILES string of the molecule is COC(=O)[C@@H]1O[C@H](O[C@H]2C[C@@H]3[C@H](CC[C@]4(C)C([C@@H](C)O)CC[C@@H]34)[C@@]3(C)CC[C@H](O)C[C@H]23)[C@@H](OC(C)=O)[C@H](OC(C)=O)[C@H]1OC(C)=O. The van der Waals surface area contributed by atoms with Crippen LogP contribution in [0, 0.1) is 40.4 Å². The maximum Gasteiger partial charge on any atom is 0.339 e. The lowest BCUT2D eigenvalue weighted by molar-refractivity contribution is -0.325. The maximum atomic E-state index is 13.0. The van der Waals surface area contributed by atoms with Gasteiger partial charge in [0.2, 0.25) is 0 Å². The van der Waals surface area contributed by atoms with E-state index < -0.39 is 72.9 Å². The smallest absolute Gasteiger partial charge is 0.339 e. The standard InChI is InChI=1S/C34H52O12/c1-16(35)22-8-9-23-21-15-26(25-14-20(39)10-12-34(25,6)24(21)11-13-33(22,23)5)45-32-30(44-19(4)38)28(43-18(3)37)27(42-17(2)36)29(46-32)31(40)41-7/h16,20-30,32,35,39H,8-15H2,1-7H3/t16-,20+,21+,22?,23+,24+,25-,26+,27-,28-,29-,30+,32+,33-,34-/m1/s1. The van der Waals surface area contributed by atoms with Gasteiger partial charge in [-0.2, -0.15) is 0 Å². The van der Waals surface area contributed by atoms with E-state index in [0.29, 0.717) is 31.1 Å². The second kappa shape index (κ2) is 13.3. The van der Waals surface area contributed by atoms with Gasteiger partial charge in [-0.15, -0.1) is 0 Å². The molecule has 15 atom stereocenters. The third-order valence-corrected chi connectivity index (χ3v) is 12.4. The zero-order chi connectivity index (χ0) is 33.7. The normalized spacial score (nSPS) is 45.7. The summed E-state index contributed by atoms with van der Waals surface area (Å²) in [6.45, 7) is 10.0. The number of aliphatic hydroxyl groups excluding tert-OH is 2. The van der Waals surface area contributed by atoms with E-state index in [1.165, 1.54) is 6.92 Å². The lowest BCUT2D eigenvalue weighted by Gasteiger charge is -2.63. The number of ether oxygens (including phenoxy) is 6. The molecule has 1 aliphatic heterocycles. The molecule has 5 fully saturated rings. The molecular weight excluding hydrogens is 600 g/mol. The monoisotopic (exact) mass is 652 g/mol. The summed E-state index contributed by atoms with van der Waals surface area (Å²) < 4.78 is 34.6. The fourth-order valence-corrected chi connectivity index (χ4v) is 10.6. The zero-order valence-corrected chi connectivity index (χ0v) is 28.1. The molecule has 0 amide bonds. The van der Waals surface area contributed by atoms with Crippen molar-refractivity contribution >= 4 is 23.9 Å². The van der Waals surface area contributed by atoms with E-state index in [1.54, 1.807) is 0 Å². The van der Waals surface area contributed by atoms with Crippen LogP contribution in [0.3, 0.4) is 0 Å². The second-order valence-electron chi connectivity index (χ2n) is 15.0. The van der Waals surface area contributed by atoms with E-state index in [1.807, 2.05) is 6.92 Å². The molecule has 2 N–H and O–H groups in total. The number of esters is 4. The zero-order valence-electron chi connectivity index (χ0n) is 28.1. The van der Waals surface area contributed by atoms with Crippen LogP contribution in [0.2, 0.25) is 0 Å². The Balaban J connectivity index is 1.53. The van der Waals surface area contributed by atoms with Crippen molar-refractivity contribution in [3.8, 4) is 0 Å². The number of rotatable bonds is 7. The molecule has 0 aromatic heterocycles. The molecule has 5 aliphatic rings. The Morgan fingerprint density at radius 2 is 1.37 bits per heavy atom. The number of carbonyl (C=O) groups is 4. The molecule has 0 bridgehead atoms. The first-order chi connectivity index (χ1) is 21.6. The quantitative estimate of drug-likeness (QED) is 0.235. The van der Waals surface area contributed by atoms with Crippen molar-refractivity contribution in [3.63, 3.8) is 0 Å². The molecule has 4 aliphatic carbocycles. The molecule has 260 valence electrons. The molecule has 46 heavy (non-hydrogen) atoms. The largest absolute Gasteiger partial charge is 0.467 e. The van der Waals surface area contributed by atoms with E-state index in [4.69, 9.17) is 28.4 Å². The van der Waals surface area contributed by atoms with Crippen molar-refractivity contribution in [2.45, 2.75) is 142 Å². The molecule has 1 heterocycles. The summed E-state index contributed by atoms with van der Waals surface area (Å²) in [5.74, 6) is -1.87. The van der Waals surface area contributed by atoms with E-state index in [9.17, 15) is 29.4 Å². The van der Waals surface area contributed by atoms with Crippen molar-refractivity contribution < 1.29 is 57.8 Å². The van der Waals surface area contributed by atoms with Crippen molar-refractivity contribution in [3.05, 3.63) is 0 Å². The lowest BCUT2D eigenvalue weighted by atomic mass is 9.44. The molecular formula is C34H52O12. The van der Waals surface area contributed by atoms with Gasteiger partial charge >= 0.3 is 23.9 Å². The molecule has 0 spiro atoms. The molecule has 0 aromatic rings. The maximum absolute atomic E-state index is 13.0. The third-order valence-electron chi connectivity index (χ3n) is 12.4. The Morgan fingerprint density at radius 1 is 0.783 bits per heavy atom. The summed E-state index contributed by atoms with van der Waals surface area (Å²) in [4.78, 5) is 49.9. The van der Waals surface area contributed by atoms with Gasteiger partial charge in [-0.05, 0) is 98.7 Å². The van der Waals surface area contributed by atoms with Crippen molar-refractivity contribution in [2.24, 2.45) is 40.4 Å². The van der Waals surface area contributed by atoms with Crippen LogP contribution in [0.1, 0.15) is 92.9 Å². The number of aliphatic hydroxyl groups is 2. The first kappa shape index (κ1) is 35.0. The highest BCUT2D eigenvalue weighted by atomic mass is 16.7. The number of hydrogen-bond acceptors (Lipinski definition) is 12. The topological polar surface area (TPSA) is 164 Å². The predicted octanol–water partition coefficient (Wildman–Crippen LogP) is 3.08. The van der Waals surface area contributed by atoms with Gasteiger partial charge in [0.05, 0.1) is 25.4 Å². The second-order valence-corrected chi connectivity index (χ2v) is 15.0. The van der Waals surface area contributed by atoms with E-state index in [2.05, 4.69) is 13.8 Å². The first-order valence-corrected chi connectivity index (χ1v) is 16.9. The molecule has 12 nitrogen and oxygen atoms in total. The summed E-state index contributed by atoms with van der Waals surface area (Å²) in [6, 6.07) is 0. The number of carbonyl (C=O) groups excluding carboxylic acids is 4. The van der Waals surface area contributed by atoms with Crippen LogP contribution in [0.15, 0.2) is 0 Å². The minimum Gasteiger partial charge on any atom is -0.467 e. The van der Waals surface area contributed by atoms with Crippen LogP contribution in [-0.2, 0) is 47.6 Å². The van der Waals surface area contributed by atoms with Crippen LogP contribution in [-0.4, -0.2) is 90.2 Å². The summed E-state index contributed by atoms with van der Waals surface area (Å²) in [5.41, 5.74) is -0.160. The minimum atomic E-state index is -1.53. The van der Waals surface area contributed by atoms with E-state index in [-0.39, 0.29) is 28.6 Å². The summed E-state index contributed by atoms with van der Waals surface area (Å²) >= 11 is 0. The molecule has 0 radical (unpaired) electrons. The van der Waals surface area contributed by atoms with Crippen molar-refractivity contribution in [1.29, 1.82) is 0 Å². The van der Waals surface area contributed by atoms with Gasteiger partial charge in [0.15, 0.2) is 30.7 Å². The van der Waals surface area contributed by atoms with Crippen molar-refractivity contribution in [2.75, 3.05) is 7.11 Å². The highest BCUT2D eigenvalue weighted by Gasteiger charge is 2.64. The van der Waals surface area contributed by atoms with E-state index in [0.717, 1.165) is 53.1 Å². The first-order valence-electron chi connectivity index (χ1n) is 16.9. The van der Waals surface area contributed by atoms with Gasteiger partial charge in [0, 0.05) is 20.8 Å². The number of methoxy groups -OCH3 is 1. The van der Waals surface area contributed by atoms with Crippen LogP contribution in [0.4, 0.5) is 0 Å². The average Bonchev–Trinajstić information content (AvgIpc) is 3.33. The number of hydrogen-bond donors (Lipinski definition) is 2. The van der Waals surface area contributed by atoms with Gasteiger partial charge in [-0.3, -0.25) is 14.4 Å². The Morgan fingerprint density at radius 3 is 1.98 bits per heavy atom. The minimum absolute atomic E-state index is 0.00741. The Hall–Kier alpha value is -2.28. The molecule has 12 heteroatoms. The molecule has 1 unspecified atom stereocenters. The molecule has 1 saturated heterocycles. The predicted molar refractivity (Wildman–Crippen MR) is 160 cm³/mol. The Bertz CT molecular complexity index is 1170. The molecule has 0 aromatic carbocycles. The third kappa shape index (κ3) is 6.31. The van der Waals surface area contributed by atoms with E-state index >= 15 is 0 Å². The Kier molecular flexibility index (Phi) is 10.1. The summed E-state index contributed by atoms with van der Waals surface area (Å²) in [5, 5.41) is 21.6. The van der Waals surface area contributed by atoms with Gasteiger partial charge in [0.25, 0.3) is 0 Å². The molecule has 5 rings (SSSR count). The molecule has 4 saturated carbocycles. The van der Waals surface area contributed by atoms with Gasteiger partial charge < -0.3 is 38.6 Å². The fraction of sp³-hybridized carbons (Fsp3) is 0.882. The number of fused-ring (bicyclic) bond motifs is 5. The van der Waals surface area contributed by atoms with Crippen molar-refractivity contribution in [1.82, 2.24) is 0 Å². The summed E-state index contributed by atoms with van der Waals surface area (Å²) in [7, 11) is 1.16. The highest BCUT2D eigenvalue weighted by Crippen LogP contribution is 2.68. The Labute approximate surface area is 271 Å².